The van der Waals surface area contributed by atoms with Crippen LogP contribution in [0.15, 0.2) is 0 Å². The van der Waals surface area contributed by atoms with E-state index in [1.54, 1.807) is 0 Å². The average molecular weight is 185 g/mol. The van der Waals surface area contributed by atoms with E-state index < -0.39 is 0 Å². The first kappa shape index (κ1) is 10.5. The molecule has 0 aromatic carbocycles. The summed E-state index contributed by atoms with van der Waals surface area (Å²) in [5.41, 5.74) is 4.99. The highest BCUT2D eigenvalue weighted by atomic mass is 16.5. The predicted octanol–water partition coefficient (Wildman–Crippen LogP) is 1.46. The molecule has 1 rings (SSSR count). The lowest BCUT2D eigenvalue weighted by Crippen LogP contribution is -2.17. The van der Waals surface area contributed by atoms with Crippen LogP contribution in [-0.2, 0) is 9.53 Å². The molecule has 3 nitrogen and oxygen atoms in total. The molecule has 2 N–H and O–H groups in total. The number of nitrogens with two attached hydrogens (primary N) is 1. The van der Waals surface area contributed by atoms with Crippen LogP contribution >= 0.6 is 0 Å². The quantitative estimate of drug-likeness (QED) is 0.659. The summed E-state index contributed by atoms with van der Waals surface area (Å²) in [7, 11) is 0. The molecule has 0 heterocycles. The fourth-order valence-corrected chi connectivity index (χ4v) is 1.78. The summed E-state index contributed by atoms with van der Waals surface area (Å²) in [5, 5.41) is 0. The highest BCUT2D eigenvalue weighted by Crippen LogP contribution is 2.23. The van der Waals surface area contributed by atoms with E-state index in [2.05, 4.69) is 0 Å². The Bertz CT molecular complexity index is 153. The van der Waals surface area contributed by atoms with Gasteiger partial charge in [0, 0.05) is 13.0 Å². The van der Waals surface area contributed by atoms with Gasteiger partial charge in [0.15, 0.2) is 0 Å². The van der Waals surface area contributed by atoms with Gasteiger partial charge in [-0.3, -0.25) is 4.79 Å². The molecular weight excluding hydrogens is 166 g/mol. The van der Waals surface area contributed by atoms with Gasteiger partial charge in [0.05, 0.1) is 6.61 Å². The maximum atomic E-state index is 10.4. The van der Waals surface area contributed by atoms with Gasteiger partial charge in [0.1, 0.15) is 0 Å². The van der Waals surface area contributed by atoms with E-state index in [1.165, 1.54) is 32.1 Å². The summed E-state index contributed by atoms with van der Waals surface area (Å²) in [6.07, 6.45) is 6.98. The predicted molar refractivity (Wildman–Crippen MR) is 51.2 cm³/mol. The molecule has 0 aliphatic heterocycles. The van der Waals surface area contributed by atoms with Crippen LogP contribution in [-0.4, -0.2) is 19.1 Å². The lowest BCUT2D eigenvalue weighted by Gasteiger charge is -2.20. The minimum Gasteiger partial charge on any atom is -0.381 e. The van der Waals surface area contributed by atoms with E-state index in [0.717, 1.165) is 12.5 Å². The second-order valence-electron chi connectivity index (χ2n) is 3.80. The van der Waals surface area contributed by atoms with E-state index in [0.29, 0.717) is 13.0 Å². The SMILES string of the molecule is NC(=O)CCOCC1CCCCC1. The molecule has 0 atom stereocenters. The van der Waals surface area contributed by atoms with Crippen molar-refractivity contribution >= 4 is 5.91 Å². The summed E-state index contributed by atoms with van der Waals surface area (Å²) < 4.78 is 5.38. The molecule has 76 valence electrons. The minimum absolute atomic E-state index is 0.274. The Morgan fingerprint density at radius 2 is 2.00 bits per heavy atom. The van der Waals surface area contributed by atoms with Crippen LogP contribution in [0.25, 0.3) is 0 Å². The third kappa shape index (κ3) is 4.88. The Labute approximate surface area is 79.6 Å². The van der Waals surface area contributed by atoms with Crippen molar-refractivity contribution in [3.05, 3.63) is 0 Å². The van der Waals surface area contributed by atoms with Gasteiger partial charge in [-0.1, -0.05) is 19.3 Å². The van der Waals surface area contributed by atoms with Crippen molar-refractivity contribution in [3.63, 3.8) is 0 Å². The third-order valence-corrected chi connectivity index (χ3v) is 2.57. The molecule has 0 aromatic heterocycles. The monoisotopic (exact) mass is 185 g/mol. The van der Waals surface area contributed by atoms with Gasteiger partial charge in [-0.25, -0.2) is 0 Å². The van der Waals surface area contributed by atoms with E-state index >= 15 is 0 Å². The van der Waals surface area contributed by atoms with Gasteiger partial charge in [-0.05, 0) is 18.8 Å². The van der Waals surface area contributed by atoms with E-state index in [1.807, 2.05) is 0 Å². The van der Waals surface area contributed by atoms with Gasteiger partial charge in [-0.2, -0.15) is 0 Å². The maximum absolute atomic E-state index is 10.4. The number of amides is 1. The number of primary amides is 1. The van der Waals surface area contributed by atoms with Crippen molar-refractivity contribution in [2.24, 2.45) is 11.7 Å². The van der Waals surface area contributed by atoms with Crippen molar-refractivity contribution in [2.45, 2.75) is 38.5 Å². The number of hydrogen-bond acceptors (Lipinski definition) is 2. The van der Waals surface area contributed by atoms with Crippen LogP contribution in [0.1, 0.15) is 38.5 Å². The molecule has 1 fully saturated rings. The average Bonchev–Trinajstić information content (AvgIpc) is 2.14. The zero-order valence-corrected chi connectivity index (χ0v) is 8.13. The molecule has 1 saturated carbocycles. The lowest BCUT2D eigenvalue weighted by atomic mass is 9.90. The molecule has 3 heteroatoms. The van der Waals surface area contributed by atoms with E-state index in [9.17, 15) is 4.79 Å². The molecule has 13 heavy (non-hydrogen) atoms. The Balaban J connectivity index is 1.95. The third-order valence-electron chi connectivity index (χ3n) is 2.57. The summed E-state index contributed by atoms with van der Waals surface area (Å²) in [6, 6.07) is 0. The lowest BCUT2D eigenvalue weighted by molar-refractivity contribution is -0.119. The summed E-state index contributed by atoms with van der Waals surface area (Å²) >= 11 is 0. The molecule has 0 spiro atoms. The van der Waals surface area contributed by atoms with Gasteiger partial charge < -0.3 is 10.5 Å². The normalized spacial score (nSPS) is 18.8. The largest absolute Gasteiger partial charge is 0.381 e. The second-order valence-corrected chi connectivity index (χ2v) is 3.80. The second kappa shape index (κ2) is 5.97. The highest BCUT2D eigenvalue weighted by molar-refractivity contribution is 5.73. The van der Waals surface area contributed by atoms with Crippen molar-refractivity contribution in [2.75, 3.05) is 13.2 Å². The van der Waals surface area contributed by atoms with Crippen LogP contribution < -0.4 is 5.73 Å². The van der Waals surface area contributed by atoms with Crippen molar-refractivity contribution < 1.29 is 9.53 Å². The van der Waals surface area contributed by atoms with E-state index in [-0.39, 0.29) is 5.91 Å². The van der Waals surface area contributed by atoms with Gasteiger partial charge in [-0.15, -0.1) is 0 Å². The summed E-state index contributed by atoms with van der Waals surface area (Å²) in [5.74, 6) is 0.449. The fraction of sp³-hybridized carbons (Fsp3) is 0.900. The van der Waals surface area contributed by atoms with Crippen LogP contribution in [0, 0.1) is 5.92 Å². The molecule has 1 aliphatic rings. The number of hydrogen-bond donors (Lipinski definition) is 1. The zero-order chi connectivity index (χ0) is 9.52. The molecule has 1 amide bonds. The first-order valence-corrected chi connectivity index (χ1v) is 5.15. The maximum Gasteiger partial charge on any atom is 0.219 e. The molecule has 0 bridgehead atoms. The topological polar surface area (TPSA) is 52.3 Å². The van der Waals surface area contributed by atoms with Crippen LogP contribution in [0.5, 0.6) is 0 Å². The first-order valence-electron chi connectivity index (χ1n) is 5.15. The Morgan fingerprint density at radius 1 is 1.31 bits per heavy atom. The van der Waals surface area contributed by atoms with E-state index in [4.69, 9.17) is 10.5 Å². The molecule has 0 saturated heterocycles. The highest BCUT2D eigenvalue weighted by Gasteiger charge is 2.12. The zero-order valence-electron chi connectivity index (χ0n) is 8.13. The van der Waals surface area contributed by atoms with Gasteiger partial charge >= 0.3 is 0 Å². The molecule has 0 unspecified atom stereocenters. The number of rotatable bonds is 5. The Morgan fingerprint density at radius 3 is 2.62 bits per heavy atom. The summed E-state index contributed by atoms with van der Waals surface area (Å²) in [4.78, 5) is 10.4. The molecule has 1 aliphatic carbocycles. The Hall–Kier alpha value is -0.570. The number of carbonyl (C=O) groups excluding carboxylic acids is 1. The van der Waals surface area contributed by atoms with Crippen LogP contribution in [0.4, 0.5) is 0 Å². The molecule has 0 aromatic rings. The molecular formula is C10H19NO2. The summed E-state index contributed by atoms with van der Waals surface area (Å²) in [6.45, 7) is 1.30. The standard InChI is InChI=1S/C10H19NO2/c11-10(12)6-7-13-8-9-4-2-1-3-5-9/h9H,1-8H2,(H2,11,12). The van der Waals surface area contributed by atoms with Crippen molar-refractivity contribution in [1.82, 2.24) is 0 Å². The number of ether oxygens (including phenoxy) is 1. The van der Waals surface area contributed by atoms with Gasteiger partial charge in [0.25, 0.3) is 0 Å². The Kier molecular flexibility index (Phi) is 4.83. The fourth-order valence-electron chi connectivity index (χ4n) is 1.78. The smallest absolute Gasteiger partial charge is 0.219 e. The minimum atomic E-state index is -0.274. The van der Waals surface area contributed by atoms with Gasteiger partial charge in [0.2, 0.25) is 5.91 Å². The van der Waals surface area contributed by atoms with Crippen molar-refractivity contribution in [3.8, 4) is 0 Å². The van der Waals surface area contributed by atoms with Crippen LogP contribution in [0.2, 0.25) is 0 Å². The van der Waals surface area contributed by atoms with Crippen LogP contribution in [0.3, 0.4) is 0 Å². The molecule has 0 radical (unpaired) electrons. The number of carbonyl (C=O) groups is 1. The van der Waals surface area contributed by atoms with Crippen molar-refractivity contribution in [1.29, 1.82) is 0 Å². The first-order chi connectivity index (χ1) is 6.29.